The van der Waals surface area contributed by atoms with E-state index in [2.05, 4.69) is 140 Å². The van der Waals surface area contributed by atoms with Crippen molar-refractivity contribution in [1.82, 2.24) is 9.97 Å². The van der Waals surface area contributed by atoms with Gasteiger partial charge in [-0.05, 0) is 89.9 Å². The monoisotopic (exact) mass is 698 g/mol. The van der Waals surface area contributed by atoms with Gasteiger partial charge in [-0.3, -0.25) is 4.79 Å². The average Bonchev–Trinajstić information content (AvgIpc) is 3.64. The number of aryl methyl sites for hydroxylation is 1. The van der Waals surface area contributed by atoms with Crippen molar-refractivity contribution < 1.29 is 9.53 Å². The Balaban J connectivity index is 1.22. The molecule has 0 aliphatic heterocycles. The second-order valence-corrected chi connectivity index (χ2v) is 14.9. The van der Waals surface area contributed by atoms with E-state index in [1.165, 1.54) is 33.4 Å². The summed E-state index contributed by atoms with van der Waals surface area (Å²) < 4.78 is 5.96. The summed E-state index contributed by atoms with van der Waals surface area (Å²) in [5.41, 5.74) is 11.6. The van der Waals surface area contributed by atoms with E-state index >= 15 is 0 Å². The van der Waals surface area contributed by atoms with E-state index in [1.54, 1.807) is 0 Å². The highest BCUT2D eigenvalue weighted by molar-refractivity contribution is 5.91. The number of carbonyl (C=O) groups excluding carboxylic acids is 1. The fourth-order valence-electron chi connectivity index (χ4n) is 9.48. The van der Waals surface area contributed by atoms with Crippen LogP contribution in [0.4, 0.5) is 0 Å². The van der Waals surface area contributed by atoms with Crippen LogP contribution in [0.25, 0.3) is 44.3 Å². The lowest BCUT2D eigenvalue weighted by atomic mass is 9.59. The summed E-state index contributed by atoms with van der Waals surface area (Å²) in [6.07, 6.45) is 3.30. The molecule has 2 aromatic heterocycles. The Morgan fingerprint density at radius 2 is 0.981 bits per heavy atom. The van der Waals surface area contributed by atoms with Crippen molar-refractivity contribution in [2.45, 2.75) is 42.9 Å². The highest BCUT2D eigenvalue weighted by atomic mass is 16.5. The van der Waals surface area contributed by atoms with Crippen LogP contribution in [-0.4, -0.2) is 15.9 Å². The summed E-state index contributed by atoms with van der Waals surface area (Å²) in [4.78, 5) is 24.7. The van der Waals surface area contributed by atoms with E-state index in [0.717, 1.165) is 58.0 Å². The number of rotatable bonds is 9. The smallest absolute Gasteiger partial charge is 0.311 e. The lowest BCUT2D eigenvalue weighted by molar-refractivity contribution is -0.134. The third-order valence-corrected chi connectivity index (χ3v) is 11.9. The standard InChI is InChI=1S/C50H38N2O2/c53-46(54-37-19-5-2-6-20-37)28-30-50(41-24-12-10-22-39(41)48-43(50)32-36-18-8-14-26-45(36)52-48)33-49(29-27-34-15-3-1-4-16-34)40-23-11-9-21-38(40)47-42(49)31-35-17-7-13-25-44(35)51-47/h1-26,31-32H,27-30,33H2. The van der Waals surface area contributed by atoms with Crippen LogP contribution in [-0.2, 0) is 22.0 Å². The van der Waals surface area contributed by atoms with Gasteiger partial charge in [0.2, 0.25) is 0 Å². The van der Waals surface area contributed by atoms with Crippen LogP contribution in [0.1, 0.15) is 53.5 Å². The van der Waals surface area contributed by atoms with Crippen molar-refractivity contribution in [1.29, 1.82) is 0 Å². The Morgan fingerprint density at radius 3 is 1.57 bits per heavy atom. The molecule has 2 aliphatic rings. The highest BCUT2D eigenvalue weighted by Crippen LogP contribution is 2.62. The molecule has 0 amide bonds. The Labute approximate surface area is 315 Å². The van der Waals surface area contributed by atoms with Crippen LogP contribution in [0, 0.1) is 0 Å². The van der Waals surface area contributed by atoms with Crippen molar-refractivity contribution in [3.8, 4) is 28.3 Å². The molecular formula is C50H38N2O2. The Bertz CT molecular complexity index is 2710. The van der Waals surface area contributed by atoms with Gasteiger partial charge in [0.1, 0.15) is 5.75 Å². The molecule has 0 bridgehead atoms. The molecule has 260 valence electrons. The fraction of sp³-hybridized carbons (Fsp3) is 0.140. The maximum atomic E-state index is 13.9. The molecule has 4 heteroatoms. The first-order chi connectivity index (χ1) is 26.6. The lowest BCUT2D eigenvalue weighted by Crippen LogP contribution is -2.39. The minimum Gasteiger partial charge on any atom is -0.427 e. The van der Waals surface area contributed by atoms with E-state index in [4.69, 9.17) is 14.7 Å². The van der Waals surface area contributed by atoms with Gasteiger partial charge in [-0.1, -0.05) is 133 Å². The lowest BCUT2D eigenvalue weighted by Gasteiger charge is -2.42. The molecule has 2 heterocycles. The molecule has 0 radical (unpaired) electrons. The number of aromatic nitrogens is 2. The molecule has 0 spiro atoms. The summed E-state index contributed by atoms with van der Waals surface area (Å²) in [6.45, 7) is 0. The number of para-hydroxylation sites is 3. The number of fused-ring (bicyclic) bond motifs is 8. The summed E-state index contributed by atoms with van der Waals surface area (Å²) >= 11 is 0. The van der Waals surface area contributed by atoms with Gasteiger partial charge in [0.05, 0.1) is 22.4 Å². The first-order valence-corrected chi connectivity index (χ1v) is 18.9. The Kier molecular flexibility index (Phi) is 7.73. The predicted molar refractivity (Wildman–Crippen MR) is 217 cm³/mol. The number of benzene rings is 6. The maximum absolute atomic E-state index is 13.9. The highest BCUT2D eigenvalue weighted by Gasteiger charge is 2.53. The quantitative estimate of drug-likeness (QED) is 0.111. The first-order valence-electron chi connectivity index (χ1n) is 18.9. The van der Waals surface area contributed by atoms with E-state index < -0.39 is 10.8 Å². The number of carbonyl (C=O) groups is 1. The molecule has 2 atom stereocenters. The van der Waals surface area contributed by atoms with Crippen molar-refractivity contribution in [2.24, 2.45) is 0 Å². The van der Waals surface area contributed by atoms with Crippen molar-refractivity contribution in [3.63, 3.8) is 0 Å². The van der Waals surface area contributed by atoms with Gasteiger partial charge in [-0.15, -0.1) is 0 Å². The molecule has 6 aromatic carbocycles. The molecule has 8 aromatic rings. The van der Waals surface area contributed by atoms with Crippen LogP contribution in [0.15, 0.2) is 170 Å². The third kappa shape index (κ3) is 5.24. The normalized spacial score (nSPS) is 17.9. The van der Waals surface area contributed by atoms with Crippen LogP contribution >= 0.6 is 0 Å². The minimum absolute atomic E-state index is 0.238. The SMILES string of the molecule is O=C(CCC1(CC2(CCc3ccccc3)c3ccccc3-c3nc4ccccc4cc32)c2ccccc2-c2nc3ccccc3cc21)Oc1ccccc1. The zero-order valence-electron chi connectivity index (χ0n) is 29.9. The summed E-state index contributed by atoms with van der Waals surface area (Å²) in [6, 6.07) is 59.5. The van der Waals surface area contributed by atoms with Gasteiger partial charge < -0.3 is 4.74 Å². The van der Waals surface area contributed by atoms with Gasteiger partial charge in [-0.25, -0.2) is 9.97 Å². The topological polar surface area (TPSA) is 52.1 Å². The van der Waals surface area contributed by atoms with E-state index in [0.29, 0.717) is 12.2 Å². The van der Waals surface area contributed by atoms with Crippen LogP contribution in [0.3, 0.4) is 0 Å². The maximum Gasteiger partial charge on any atom is 0.311 e. The zero-order chi connectivity index (χ0) is 36.1. The van der Waals surface area contributed by atoms with Gasteiger partial charge >= 0.3 is 5.97 Å². The number of nitrogens with zero attached hydrogens (tertiary/aromatic N) is 2. The van der Waals surface area contributed by atoms with Gasteiger partial charge in [0, 0.05) is 39.2 Å². The molecule has 10 rings (SSSR count). The largest absolute Gasteiger partial charge is 0.427 e. The first kappa shape index (κ1) is 32.3. The number of pyridine rings is 2. The molecule has 4 nitrogen and oxygen atoms in total. The van der Waals surface area contributed by atoms with E-state index in [9.17, 15) is 4.79 Å². The molecular weight excluding hydrogens is 661 g/mol. The van der Waals surface area contributed by atoms with E-state index in [-0.39, 0.29) is 12.4 Å². The molecule has 0 N–H and O–H groups in total. The van der Waals surface area contributed by atoms with Crippen molar-refractivity contribution in [2.75, 3.05) is 0 Å². The fourth-order valence-corrected chi connectivity index (χ4v) is 9.48. The van der Waals surface area contributed by atoms with Crippen LogP contribution < -0.4 is 4.74 Å². The van der Waals surface area contributed by atoms with Crippen LogP contribution in [0.5, 0.6) is 5.75 Å². The molecule has 0 saturated carbocycles. The minimum atomic E-state index is -0.574. The van der Waals surface area contributed by atoms with Gasteiger partial charge in [-0.2, -0.15) is 0 Å². The van der Waals surface area contributed by atoms with Crippen molar-refractivity contribution in [3.05, 3.63) is 198 Å². The molecule has 54 heavy (non-hydrogen) atoms. The molecule has 2 unspecified atom stereocenters. The van der Waals surface area contributed by atoms with E-state index in [1.807, 2.05) is 30.3 Å². The Hall–Kier alpha value is -6.39. The second kappa shape index (κ2) is 12.9. The van der Waals surface area contributed by atoms with Crippen molar-refractivity contribution >= 4 is 27.8 Å². The van der Waals surface area contributed by atoms with Crippen LogP contribution in [0.2, 0.25) is 0 Å². The average molecular weight is 699 g/mol. The summed E-state index contributed by atoms with van der Waals surface area (Å²) in [5, 5.41) is 2.23. The number of hydrogen-bond donors (Lipinski definition) is 0. The third-order valence-electron chi connectivity index (χ3n) is 11.9. The second-order valence-electron chi connectivity index (χ2n) is 14.9. The van der Waals surface area contributed by atoms with Gasteiger partial charge in [0.15, 0.2) is 0 Å². The molecule has 0 saturated heterocycles. The zero-order valence-corrected chi connectivity index (χ0v) is 29.9. The predicted octanol–water partition coefficient (Wildman–Crippen LogP) is 11.4. The molecule has 0 fully saturated rings. The molecule has 2 aliphatic carbocycles. The number of ether oxygens (including phenoxy) is 1. The summed E-state index contributed by atoms with van der Waals surface area (Å²) in [5.74, 6) is 0.325. The number of esters is 1. The summed E-state index contributed by atoms with van der Waals surface area (Å²) in [7, 11) is 0. The number of hydrogen-bond acceptors (Lipinski definition) is 4. The van der Waals surface area contributed by atoms with Gasteiger partial charge in [0.25, 0.3) is 0 Å². The Morgan fingerprint density at radius 1 is 0.500 bits per heavy atom.